The van der Waals surface area contributed by atoms with Crippen molar-refractivity contribution in [2.45, 2.75) is 281 Å². The van der Waals surface area contributed by atoms with Gasteiger partial charge in [-0.05, 0) is 70.6 Å². The van der Waals surface area contributed by atoms with E-state index in [1.807, 2.05) is 0 Å². The molecule has 0 aromatic rings. The molecule has 7 N–H and O–H groups in total. The number of allylic oxidation sites excluding steroid dienone is 7. The van der Waals surface area contributed by atoms with Gasteiger partial charge in [0.1, 0.15) is 30.5 Å². The van der Waals surface area contributed by atoms with Crippen LogP contribution in [0.15, 0.2) is 48.6 Å². The van der Waals surface area contributed by atoms with Gasteiger partial charge in [-0.1, -0.05) is 210 Å². The number of aliphatic hydroxyl groups excluding tert-OH is 5. The number of nitrogens with one attached hydrogen (secondary N) is 1. The summed E-state index contributed by atoms with van der Waals surface area (Å²) in [6, 6.07) is -1.15. The second kappa shape index (κ2) is 44.7. The van der Waals surface area contributed by atoms with Gasteiger partial charge >= 0.3 is 10.4 Å². The molecule has 0 radical (unpaired) electrons. The first kappa shape index (κ1) is 65.0. The molecule has 1 aliphatic heterocycles. The number of hydrogen-bond donors (Lipinski definition) is 7. The van der Waals surface area contributed by atoms with E-state index in [1.54, 1.807) is 6.08 Å². The predicted octanol–water partition coefficient (Wildman–Crippen LogP) is 11.4. The highest BCUT2D eigenvalue weighted by molar-refractivity contribution is 7.80. The second-order valence-electron chi connectivity index (χ2n) is 19.3. The van der Waals surface area contributed by atoms with E-state index < -0.39 is 78.5 Å². The lowest BCUT2D eigenvalue weighted by molar-refractivity contribution is -0.298. The molecule has 404 valence electrons. The molecule has 0 spiro atoms. The van der Waals surface area contributed by atoms with Crippen LogP contribution in [0.3, 0.4) is 0 Å². The fraction of sp³-hybridized carbons (Fsp3) is 0.836. The van der Waals surface area contributed by atoms with Crippen LogP contribution in [0.5, 0.6) is 0 Å². The number of carbonyl (C=O) groups excluding carboxylic acids is 1. The lowest BCUT2D eigenvalue weighted by Gasteiger charge is -2.41. The highest BCUT2D eigenvalue weighted by atomic mass is 32.3. The highest BCUT2D eigenvalue weighted by Gasteiger charge is 2.48. The third-order valence-corrected chi connectivity index (χ3v) is 13.4. The van der Waals surface area contributed by atoms with Gasteiger partial charge in [0.15, 0.2) is 6.29 Å². The number of rotatable bonds is 47. The first-order valence-electron chi connectivity index (χ1n) is 27.6. The van der Waals surface area contributed by atoms with E-state index in [0.29, 0.717) is 12.8 Å². The van der Waals surface area contributed by atoms with E-state index >= 15 is 0 Å². The molecular weight excluding hydrogens is 899 g/mol. The fourth-order valence-electron chi connectivity index (χ4n) is 8.55. The fourth-order valence-corrected chi connectivity index (χ4v) is 9.06. The summed E-state index contributed by atoms with van der Waals surface area (Å²) >= 11 is 0. The molecule has 13 nitrogen and oxygen atoms in total. The Morgan fingerprint density at radius 3 is 1.39 bits per heavy atom. The van der Waals surface area contributed by atoms with Gasteiger partial charge in [0.2, 0.25) is 5.91 Å². The molecule has 1 heterocycles. The van der Waals surface area contributed by atoms with Crippen LogP contribution < -0.4 is 5.32 Å². The molecule has 8 unspecified atom stereocenters. The Morgan fingerprint density at radius 2 is 0.971 bits per heavy atom. The van der Waals surface area contributed by atoms with Gasteiger partial charge < -0.3 is 40.3 Å². The van der Waals surface area contributed by atoms with Crippen LogP contribution >= 0.6 is 0 Å². The average Bonchev–Trinajstić information content (AvgIpc) is 3.32. The minimum atomic E-state index is -5.13. The Morgan fingerprint density at radius 1 is 0.580 bits per heavy atom. The Labute approximate surface area is 420 Å². The van der Waals surface area contributed by atoms with Crippen molar-refractivity contribution in [2.24, 2.45) is 0 Å². The van der Waals surface area contributed by atoms with Crippen LogP contribution in [0.1, 0.15) is 232 Å². The third kappa shape index (κ3) is 36.6. The van der Waals surface area contributed by atoms with Crippen LogP contribution in [-0.2, 0) is 28.9 Å². The van der Waals surface area contributed by atoms with E-state index in [9.17, 15) is 43.3 Å². The maximum atomic E-state index is 13.2. The minimum Gasteiger partial charge on any atom is -0.394 e. The predicted molar refractivity (Wildman–Crippen MR) is 279 cm³/mol. The Kier molecular flexibility index (Phi) is 42.1. The number of unbranched alkanes of at least 4 members (excludes halogenated alkanes) is 28. The number of ether oxygens (including phenoxy) is 2. The van der Waals surface area contributed by atoms with E-state index in [2.05, 4.69) is 59.8 Å². The summed E-state index contributed by atoms with van der Waals surface area (Å²) in [5.41, 5.74) is 0. The lowest BCUT2D eigenvalue weighted by atomic mass is 9.99. The summed E-state index contributed by atoms with van der Waals surface area (Å²) in [5.74, 6) is -0.720. The summed E-state index contributed by atoms with van der Waals surface area (Å²) in [5, 5.41) is 55.4. The standard InChI is InChI=1S/C55H101NO12S/c1-3-5-7-9-11-13-15-17-19-21-23-24-26-28-30-32-34-36-38-40-42-44-49(59)54(62)56-47(46-66-55-52(61)53(68-69(63,64)65)51(60)50(45-57)67-55)48(58)43-41-39-37-35-33-31-29-27-25-22-20-18-16-14-12-10-8-6-4-2/h25-28,33,35,41,43,47-53,55,57-61H,3-24,29-32,34,36-40,42,44-46H2,1-2H3,(H,56,62)(H,63,64,65)/b27-25+,28-26-,35-33+,43-41+. The molecule has 0 bridgehead atoms. The molecule has 1 fully saturated rings. The van der Waals surface area contributed by atoms with Crippen LogP contribution in [0, 0.1) is 0 Å². The van der Waals surface area contributed by atoms with Crippen LogP contribution in [-0.4, -0.2) is 107 Å². The zero-order valence-corrected chi connectivity index (χ0v) is 44.1. The largest absolute Gasteiger partial charge is 0.397 e. The van der Waals surface area contributed by atoms with Crippen molar-refractivity contribution in [1.82, 2.24) is 5.32 Å². The van der Waals surface area contributed by atoms with Gasteiger partial charge in [0.25, 0.3) is 0 Å². The molecule has 1 amide bonds. The highest BCUT2D eigenvalue weighted by Crippen LogP contribution is 2.26. The van der Waals surface area contributed by atoms with Gasteiger partial charge in [-0.25, -0.2) is 4.18 Å². The van der Waals surface area contributed by atoms with Gasteiger partial charge in [-0.3, -0.25) is 9.35 Å². The summed E-state index contributed by atoms with van der Waals surface area (Å²) in [6.45, 7) is 3.22. The van der Waals surface area contributed by atoms with Gasteiger partial charge in [0.05, 0.1) is 25.4 Å². The van der Waals surface area contributed by atoms with Crippen molar-refractivity contribution < 1.29 is 57.0 Å². The number of carbonyl (C=O) groups is 1. The van der Waals surface area contributed by atoms with Crippen molar-refractivity contribution >= 4 is 16.3 Å². The molecule has 1 saturated heterocycles. The first-order chi connectivity index (χ1) is 33.4. The Balaban J connectivity index is 2.51. The lowest BCUT2D eigenvalue weighted by Crippen LogP contribution is -2.61. The maximum absolute atomic E-state index is 13.2. The Hall–Kier alpha value is -1.98. The molecule has 8 atom stereocenters. The third-order valence-electron chi connectivity index (χ3n) is 12.9. The monoisotopic (exact) mass is 1000 g/mol. The van der Waals surface area contributed by atoms with Crippen LogP contribution in [0.4, 0.5) is 0 Å². The topological polar surface area (TPSA) is 212 Å². The zero-order chi connectivity index (χ0) is 50.6. The van der Waals surface area contributed by atoms with Gasteiger partial charge in [-0.2, -0.15) is 8.42 Å². The van der Waals surface area contributed by atoms with E-state index in [0.717, 1.165) is 70.6 Å². The van der Waals surface area contributed by atoms with Crippen molar-refractivity contribution in [3.63, 3.8) is 0 Å². The first-order valence-corrected chi connectivity index (χ1v) is 29.0. The van der Waals surface area contributed by atoms with Crippen molar-refractivity contribution in [2.75, 3.05) is 13.2 Å². The van der Waals surface area contributed by atoms with Crippen molar-refractivity contribution in [3.05, 3.63) is 48.6 Å². The van der Waals surface area contributed by atoms with E-state index in [-0.39, 0.29) is 6.42 Å². The summed E-state index contributed by atoms with van der Waals surface area (Å²) in [7, 11) is -5.13. The SMILES string of the molecule is CCCCCCCCCCC/C=C/CC/C=C/CC/C=C/C(O)C(COC1OC(CO)C(O)C(OS(=O)(=O)O)C1O)NC(=O)C(O)CCCCCCCC/C=C\CCCCCCCCCCCCC. The molecule has 0 aromatic heterocycles. The molecular formula is C55H101NO12S. The number of amides is 1. The summed E-state index contributed by atoms with van der Waals surface area (Å²) in [4.78, 5) is 13.2. The summed E-state index contributed by atoms with van der Waals surface area (Å²) < 4.78 is 47.7. The molecule has 0 aromatic carbocycles. The zero-order valence-electron chi connectivity index (χ0n) is 43.2. The van der Waals surface area contributed by atoms with E-state index in [1.165, 1.54) is 134 Å². The van der Waals surface area contributed by atoms with Gasteiger partial charge in [-0.15, -0.1) is 0 Å². The normalized spacial score (nSPS) is 20.5. The van der Waals surface area contributed by atoms with Crippen molar-refractivity contribution in [1.29, 1.82) is 0 Å². The summed E-state index contributed by atoms with van der Waals surface area (Å²) in [6.07, 6.45) is 44.7. The number of hydrogen-bond acceptors (Lipinski definition) is 11. The average molecular weight is 1000 g/mol. The quantitative estimate of drug-likeness (QED) is 0.0172. The maximum Gasteiger partial charge on any atom is 0.397 e. The van der Waals surface area contributed by atoms with E-state index in [4.69, 9.17) is 9.47 Å². The smallest absolute Gasteiger partial charge is 0.394 e. The minimum absolute atomic E-state index is 0.226. The molecule has 69 heavy (non-hydrogen) atoms. The van der Waals surface area contributed by atoms with Crippen LogP contribution in [0.25, 0.3) is 0 Å². The molecule has 1 aliphatic rings. The number of aliphatic hydroxyl groups is 5. The molecule has 0 aliphatic carbocycles. The molecule has 14 heteroatoms. The van der Waals surface area contributed by atoms with Crippen LogP contribution in [0.2, 0.25) is 0 Å². The molecule has 1 rings (SSSR count). The van der Waals surface area contributed by atoms with Crippen molar-refractivity contribution in [3.8, 4) is 0 Å². The Bertz CT molecular complexity index is 1420. The van der Waals surface area contributed by atoms with Gasteiger partial charge in [0, 0.05) is 0 Å². The molecule has 0 saturated carbocycles. The second-order valence-corrected chi connectivity index (χ2v) is 20.3.